The number of benzene rings is 1. The largest absolute Gasteiger partial charge is 0.494 e. The van der Waals surface area contributed by atoms with E-state index in [1.54, 1.807) is 30.6 Å². The van der Waals surface area contributed by atoms with Crippen LogP contribution < -0.4 is 15.8 Å². The Kier molecular flexibility index (Phi) is 4.99. The van der Waals surface area contributed by atoms with Gasteiger partial charge in [0.1, 0.15) is 5.75 Å². The summed E-state index contributed by atoms with van der Waals surface area (Å²) in [6.07, 6.45) is 3.44. The smallest absolute Gasteiger partial charge is 0.234 e. The lowest BCUT2D eigenvalue weighted by Gasteiger charge is -2.10. The van der Waals surface area contributed by atoms with Gasteiger partial charge in [-0.25, -0.2) is 9.97 Å². The van der Waals surface area contributed by atoms with Gasteiger partial charge in [0.25, 0.3) is 0 Å². The fourth-order valence-corrected chi connectivity index (χ4v) is 2.17. The molecule has 0 aliphatic rings. The maximum Gasteiger partial charge on any atom is 0.234 e. The lowest BCUT2D eigenvalue weighted by atomic mass is 10.2. The minimum atomic E-state index is -0.160. The molecule has 21 heavy (non-hydrogen) atoms. The highest BCUT2D eigenvalue weighted by Crippen LogP contribution is 2.26. The summed E-state index contributed by atoms with van der Waals surface area (Å²) >= 11 is 1.27. The van der Waals surface area contributed by atoms with Crippen LogP contribution in [0.3, 0.4) is 0 Å². The normalized spacial score (nSPS) is 10.2. The molecule has 1 amide bonds. The van der Waals surface area contributed by atoms with E-state index in [9.17, 15) is 4.79 Å². The van der Waals surface area contributed by atoms with E-state index < -0.39 is 0 Å². The molecule has 3 N–H and O–H groups in total. The first-order valence-electron chi connectivity index (χ1n) is 6.23. The number of carbonyl (C=O) groups excluding carboxylic acids is 1. The summed E-state index contributed by atoms with van der Waals surface area (Å²) in [5, 5.41) is 3.34. The van der Waals surface area contributed by atoms with Crippen LogP contribution in [0.1, 0.15) is 5.56 Å². The van der Waals surface area contributed by atoms with Crippen molar-refractivity contribution in [2.45, 2.75) is 12.1 Å². The molecule has 0 aliphatic carbocycles. The molecule has 2 rings (SSSR count). The van der Waals surface area contributed by atoms with E-state index in [2.05, 4.69) is 15.3 Å². The Morgan fingerprint density at radius 1 is 1.38 bits per heavy atom. The van der Waals surface area contributed by atoms with E-state index in [4.69, 9.17) is 10.5 Å². The van der Waals surface area contributed by atoms with Crippen molar-refractivity contribution in [1.29, 1.82) is 0 Å². The zero-order valence-electron chi connectivity index (χ0n) is 11.8. The maximum absolute atomic E-state index is 11.9. The molecular weight excluding hydrogens is 288 g/mol. The van der Waals surface area contributed by atoms with Gasteiger partial charge in [0.2, 0.25) is 5.91 Å². The van der Waals surface area contributed by atoms with Gasteiger partial charge in [-0.15, -0.1) is 0 Å². The first-order chi connectivity index (χ1) is 10.1. The first-order valence-corrected chi connectivity index (χ1v) is 7.22. The second-order valence-electron chi connectivity index (χ2n) is 4.34. The minimum absolute atomic E-state index is 0.160. The van der Waals surface area contributed by atoms with Crippen LogP contribution in [-0.4, -0.2) is 28.7 Å². The van der Waals surface area contributed by atoms with Crippen molar-refractivity contribution in [3.63, 3.8) is 0 Å². The maximum atomic E-state index is 11.9. The van der Waals surface area contributed by atoms with Gasteiger partial charge in [0.05, 0.1) is 18.6 Å². The van der Waals surface area contributed by atoms with Crippen molar-refractivity contribution in [3.05, 3.63) is 36.2 Å². The number of aryl methyl sites for hydroxylation is 1. The van der Waals surface area contributed by atoms with E-state index in [0.29, 0.717) is 22.3 Å². The van der Waals surface area contributed by atoms with E-state index >= 15 is 0 Å². The molecule has 0 atom stereocenters. The predicted molar refractivity (Wildman–Crippen MR) is 83.5 cm³/mol. The van der Waals surface area contributed by atoms with Crippen molar-refractivity contribution in [1.82, 2.24) is 9.97 Å². The van der Waals surface area contributed by atoms with Crippen LogP contribution in [0.2, 0.25) is 0 Å². The van der Waals surface area contributed by atoms with Gasteiger partial charge in [-0.3, -0.25) is 4.79 Å². The lowest BCUT2D eigenvalue weighted by Crippen LogP contribution is -2.15. The molecule has 6 nitrogen and oxygen atoms in total. The molecule has 1 aromatic heterocycles. The molecule has 0 fully saturated rings. The Morgan fingerprint density at radius 2 is 2.10 bits per heavy atom. The number of anilines is 2. The third kappa shape index (κ3) is 4.35. The van der Waals surface area contributed by atoms with Crippen molar-refractivity contribution in [3.8, 4) is 5.75 Å². The summed E-state index contributed by atoms with van der Waals surface area (Å²) in [7, 11) is 1.53. The summed E-state index contributed by atoms with van der Waals surface area (Å²) in [6, 6.07) is 5.07. The highest BCUT2D eigenvalue weighted by molar-refractivity contribution is 7.99. The van der Waals surface area contributed by atoms with Crippen LogP contribution in [-0.2, 0) is 4.79 Å². The van der Waals surface area contributed by atoms with E-state index in [0.717, 1.165) is 5.56 Å². The first kappa shape index (κ1) is 15.1. The second kappa shape index (κ2) is 6.94. The van der Waals surface area contributed by atoms with Gasteiger partial charge in [-0.05, 0) is 24.6 Å². The number of nitrogens with one attached hydrogen (secondary N) is 1. The number of ether oxygens (including phenoxy) is 1. The number of thioether (sulfide) groups is 1. The predicted octanol–water partition coefficient (Wildman–Crippen LogP) is 2.11. The number of methoxy groups -OCH3 is 1. The number of hydrogen-bond acceptors (Lipinski definition) is 6. The number of nitrogen functional groups attached to an aromatic ring is 1. The SMILES string of the molecule is COc1cc(N)ccc1NC(=O)CSc1ncc(C)cn1. The summed E-state index contributed by atoms with van der Waals surface area (Å²) < 4.78 is 5.18. The molecule has 1 heterocycles. The minimum Gasteiger partial charge on any atom is -0.494 e. The Labute approximate surface area is 127 Å². The fraction of sp³-hybridized carbons (Fsp3) is 0.214. The average Bonchev–Trinajstić information content (AvgIpc) is 2.48. The summed E-state index contributed by atoms with van der Waals surface area (Å²) in [4.78, 5) is 20.2. The molecule has 7 heteroatoms. The molecule has 0 radical (unpaired) electrons. The Morgan fingerprint density at radius 3 is 2.76 bits per heavy atom. The molecular formula is C14H16N4O2S. The van der Waals surface area contributed by atoms with Gasteiger partial charge < -0.3 is 15.8 Å². The summed E-state index contributed by atoms with van der Waals surface area (Å²) in [5.74, 6) is 0.587. The molecule has 0 spiro atoms. The van der Waals surface area contributed by atoms with E-state index in [1.165, 1.54) is 18.9 Å². The van der Waals surface area contributed by atoms with E-state index in [1.807, 2.05) is 6.92 Å². The van der Waals surface area contributed by atoms with Crippen LogP contribution in [0.4, 0.5) is 11.4 Å². The number of rotatable bonds is 5. The molecule has 1 aromatic carbocycles. The van der Waals surface area contributed by atoms with E-state index in [-0.39, 0.29) is 11.7 Å². The third-order valence-electron chi connectivity index (χ3n) is 2.59. The van der Waals surface area contributed by atoms with Crippen molar-refractivity contribution < 1.29 is 9.53 Å². The van der Waals surface area contributed by atoms with Crippen LogP contribution in [0, 0.1) is 6.92 Å². The van der Waals surface area contributed by atoms with Gasteiger partial charge in [0.15, 0.2) is 5.16 Å². The van der Waals surface area contributed by atoms with Crippen molar-refractivity contribution in [2.75, 3.05) is 23.9 Å². The summed E-state index contributed by atoms with van der Waals surface area (Å²) in [6.45, 7) is 1.91. The molecule has 2 aromatic rings. The fourth-order valence-electron chi connectivity index (χ4n) is 1.58. The third-order valence-corrected chi connectivity index (χ3v) is 3.46. The van der Waals surface area contributed by atoms with Crippen LogP contribution in [0.15, 0.2) is 35.7 Å². The van der Waals surface area contributed by atoms with Crippen LogP contribution >= 0.6 is 11.8 Å². The molecule has 0 unspecified atom stereocenters. The van der Waals surface area contributed by atoms with Gasteiger partial charge >= 0.3 is 0 Å². The number of amides is 1. The zero-order chi connectivity index (χ0) is 15.2. The number of nitrogens with zero attached hydrogens (tertiary/aromatic N) is 2. The number of aromatic nitrogens is 2. The van der Waals surface area contributed by atoms with Crippen LogP contribution in [0.5, 0.6) is 5.75 Å². The molecule has 0 saturated heterocycles. The molecule has 0 bridgehead atoms. The monoisotopic (exact) mass is 304 g/mol. The van der Waals surface area contributed by atoms with Gasteiger partial charge in [-0.2, -0.15) is 0 Å². The lowest BCUT2D eigenvalue weighted by molar-refractivity contribution is -0.113. The average molecular weight is 304 g/mol. The Balaban J connectivity index is 1.94. The number of hydrogen-bond donors (Lipinski definition) is 2. The molecule has 110 valence electrons. The molecule has 0 aliphatic heterocycles. The summed E-state index contributed by atoms with van der Waals surface area (Å²) in [5.41, 5.74) is 7.81. The Hall–Kier alpha value is -2.28. The second-order valence-corrected chi connectivity index (χ2v) is 5.28. The van der Waals surface area contributed by atoms with Crippen molar-refractivity contribution >= 4 is 29.0 Å². The highest BCUT2D eigenvalue weighted by atomic mass is 32.2. The quantitative estimate of drug-likeness (QED) is 0.499. The molecule has 0 saturated carbocycles. The topological polar surface area (TPSA) is 90.1 Å². The zero-order valence-corrected chi connectivity index (χ0v) is 12.6. The standard InChI is InChI=1S/C14H16N4O2S/c1-9-6-16-14(17-7-9)21-8-13(19)18-11-4-3-10(15)5-12(11)20-2/h3-7H,8,15H2,1-2H3,(H,18,19). The number of nitrogens with two attached hydrogens (primary N) is 1. The highest BCUT2D eigenvalue weighted by Gasteiger charge is 2.09. The van der Waals surface area contributed by atoms with Gasteiger partial charge in [0, 0.05) is 24.1 Å². The number of carbonyl (C=O) groups is 1. The van der Waals surface area contributed by atoms with Crippen LogP contribution in [0.25, 0.3) is 0 Å². The van der Waals surface area contributed by atoms with Crippen molar-refractivity contribution in [2.24, 2.45) is 0 Å². The Bertz CT molecular complexity index is 631. The van der Waals surface area contributed by atoms with Gasteiger partial charge in [-0.1, -0.05) is 11.8 Å².